The fraction of sp³-hybridized carbons (Fsp3) is 0.0952. The molecule has 0 unspecified atom stereocenters. The number of anilines is 2. The van der Waals surface area contributed by atoms with Crippen LogP contribution in [0, 0.1) is 17.1 Å². The summed E-state index contributed by atoms with van der Waals surface area (Å²) in [6, 6.07) is 15.7. The van der Waals surface area contributed by atoms with E-state index < -0.39 is 0 Å². The standard InChI is InChI=1S/C21H16FN5O/c1-2-18-19(26-20-14(11-23)12-24-27(20)21(18)28)13-3-7-16(8-4-13)25-17-9-5-15(22)6-10-17/h3-10,12,25-26H,2H2,1H3. The van der Waals surface area contributed by atoms with E-state index in [0.717, 1.165) is 16.9 Å². The molecule has 138 valence electrons. The van der Waals surface area contributed by atoms with Crippen LogP contribution in [0.4, 0.5) is 15.8 Å². The molecule has 2 aromatic heterocycles. The van der Waals surface area contributed by atoms with Crippen LogP contribution in [-0.2, 0) is 6.42 Å². The Morgan fingerprint density at radius 1 is 1.14 bits per heavy atom. The highest BCUT2D eigenvalue weighted by Gasteiger charge is 2.15. The summed E-state index contributed by atoms with van der Waals surface area (Å²) >= 11 is 0. The van der Waals surface area contributed by atoms with E-state index in [1.165, 1.54) is 22.8 Å². The number of nitrogens with one attached hydrogen (secondary N) is 2. The summed E-state index contributed by atoms with van der Waals surface area (Å²) in [4.78, 5) is 15.9. The van der Waals surface area contributed by atoms with Crippen molar-refractivity contribution in [1.29, 1.82) is 5.26 Å². The fourth-order valence-electron chi connectivity index (χ4n) is 3.13. The number of nitriles is 1. The smallest absolute Gasteiger partial charge is 0.278 e. The topological polar surface area (TPSA) is 86.0 Å². The van der Waals surface area contributed by atoms with Crippen molar-refractivity contribution in [2.45, 2.75) is 13.3 Å². The maximum Gasteiger partial charge on any atom is 0.278 e. The van der Waals surface area contributed by atoms with E-state index in [1.807, 2.05) is 37.3 Å². The molecule has 4 aromatic rings. The molecule has 0 aliphatic carbocycles. The number of aromatic nitrogens is 3. The van der Waals surface area contributed by atoms with Crippen molar-refractivity contribution in [2.24, 2.45) is 0 Å². The number of hydrogen-bond acceptors (Lipinski definition) is 4. The number of hydrogen-bond donors (Lipinski definition) is 2. The van der Waals surface area contributed by atoms with Crippen LogP contribution in [0.1, 0.15) is 18.1 Å². The first-order chi connectivity index (χ1) is 13.6. The average Bonchev–Trinajstić information content (AvgIpc) is 3.13. The van der Waals surface area contributed by atoms with Gasteiger partial charge in [-0.15, -0.1) is 0 Å². The van der Waals surface area contributed by atoms with Gasteiger partial charge in [0.05, 0.1) is 11.9 Å². The van der Waals surface area contributed by atoms with E-state index in [9.17, 15) is 14.4 Å². The average molecular weight is 373 g/mol. The normalized spacial score (nSPS) is 10.8. The third kappa shape index (κ3) is 3.01. The predicted octanol–water partition coefficient (Wildman–Crippen LogP) is 4.01. The molecule has 0 aliphatic rings. The minimum Gasteiger partial charge on any atom is -0.356 e. The molecule has 0 bridgehead atoms. The summed E-state index contributed by atoms with van der Waals surface area (Å²) in [7, 11) is 0. The number of rotatable bonds is 4. The molecule has 28 heavy (non-hydrogen) atoms. The number of nitrogens with zero attached hydrogens (tertiary/aromatic N) is 3. The number of benzene rings is 2. The van der Waals surface area contributed by atoms with Crippen molar-refractivity contribution >= 4 is 17.0 Å². The zero-order valence-corrected chi connectivity index (χ0v) is 15.0. The summed E-state index contributed by atoms with van der Waals surface area (Å²) in [6.45, 7) is 1.90. The zero-order chi connectivity index (χ0) is 19.7. The van der Waals surface area contributed by atoms with Crippen molar-refractivity contribution in [3.05, 3.63) is 82.0 Å². The molecule has 2 N–H and O–H groups in total. The molecule has 0 atom stereocenters. The Labute approximate surface area is 159 Å². The second-order valence-electron chi connectivity index (χ2n) is 6.28. The highest BCUT2D eigenvalue weighted by atomic mass is 19.1. The highest BCUT2D eigenvalue weighted by Crippen LogP contribution is 2.25. The maximum absolute atomic E-state index is 13.0. The lowest BCUT2D eigenvalue weighted by Crippen LogP contribution is -2.21. The molecule has 0 saturated carbocycles. The molecule has 0 spiro atoms. The van der Waals surface area contributed by atoms with Crippen LogP contribution in [0.15, 0.2) is 59.5 Å². The minimum absolute atomic E-state index is 0.235. The van der Waals surface area contributed by atoms with Gasteiger partial charge < -0.3 is 10.3 Å². The van der Waals surface area contributed by atoms with Crippen LogP contribution in [0.5, 0.6) is 0 Å². The Hall–Kier alpha value is -3.92. The molecule has 0 radical (unpaired) electrons. The summed E-state index contributed by atoms with van der Waals surface area (Å²) in [6.07, 6.45) is 1.91. The van der Waals surface area contributed by atoms with Crippen molar-refractivity contribution < 1.29 is 4.39 Å². The van der Waals surface area contributed by atoms with Crippen LogP contribution in [-0.4, -0.2) is 14.6 Å². The number of H-pyrrole nitrogens is 1. The monoisotopic (exact) mass is 373 g/mol. The van der Waals surface area contributed by atoms with Gasteiger partial charge in [0.1, 0.15) is 17.4 Å². The van der Waals surface area contributed by atoms with Gasteiger partial charge in [0, 0.05) is 16.9 Å². The first-order valence-corrected chi connectivity index (χ1v) is 8.76. The van der Waals surface area contributed by atoms with E-state index in [1.54, 1.807) is 12.1 Å². The van der Waals surface area contributed by atoms with Gasteiger partial charge in [-0.3, -0.25) is 4.79 Å². The maximum atomic E-state index is 13.0. The molecular weight excluding hydrogens is 357 g/mol. The van der Waals surface area contributed by atoms with E-state index in [4.69, 9.17) is 0 Å². The van der Waals surface area contributed by atoms with Crippen LogP contribution < -0.4 is 10.9 Å². The molecule has 4 rings (SSSR count). The minimum atomic E-state index is -0.288. The first kappa shape index (κ1) is 17.5. The molecular formula is C21H16FN5O. The second-order valence-corrected chi connectivity index (χ2v) is 6.28. The zero-order valence-electron chi connectivity index (χ0n) is 15.0. The van der Waals surface area contributed by atoms with Gasteiger partial charge in [-0.1, -0.05) is 19.1 Å². The van der Waals surface area contributed by atoms with Gasteiger partial charge in [-0.2, -0.15) is 14.9 Å². The van der Waals surface area contributed by atoms with Crippen LogP contribution in [0.2, 0.25) is 0 Å². The Morgan fingerprint density at radius 3 is 2.39 bits per heavy atom. The first-order valence-electron chi connectivity index (χ1n) is 8.76. The SMILES string of the molecule is CCc1c(-c2ccc(Nc3ccc(F)cc3)cc2)[nH]c2c(C#N)cnn2c1=O. The summed E-state index contributed by atoms with van der Waals surface area (Å²) in [5.41, 5.74) is 4.16. The lowest BCUT2D eigenvalue weighted by Gasteiger charge is -2.11. The van der Waals surface area contributed by atoms with E-state index >= 15 is 0 Å². The van der Waals surface area contributed by atoms with Gasteiger partial charge in [-0.05, 0) is 48.4 Å². The highest BCUT2D eigenvalue weighted by molar-refractivity contribution is 5.70. The van der Waals surface area contributed by atoms with Gasteiger partial charge >= 0.3 is 0 Å². The Morgan fingerprint density at radius 2 is 1.79 bits per heavy atom. The molecule has 0 fully saturated rings. The largest absolute Gasteiger partial charge is 0.356 e. The Kier molecular flexibility index (Phi) is 4.38. The van der Waals surface area contributed by atoms with E-state index in [-0.39, 0.29) is 11.4 Å². The molecule has 0 saturated heterocycles. The van der Waals surface area contributed by atoms with Crippen molar-refractivity contribution in [3.8, 4) is 17.3 Å². The molecule has 6 nitrogen and oxygen atoms in total. The second kappa shape index (κ2) is 7.00. The van der Waals surface area contributed by atoms with Crippen LogP contribution >= 0.6 is 0 Å². The predicted molar refractivity (Wildman–Crippen MR) is 105 cm³/mol. The van der Waals surface area contributed by atoms with Crippen molar-refractivity contribution in [2.75, 3.05) is 5.32 Å². The summed E-state index contributed by atoms with van der Waals surface area (Å²) < 4.78 is 14.3. The number of aromatic amines is 1. The van der Waals surface area contributed by atoms with Crippen molar-refractivity contribution in [1.82, 2.24) is 14.6 Å². The van der Waals surface area contributed by atoms with Gasteiger partial charge in [0.2, 0.25) is 0 Å². The number of fused-ring (bicyclic) bond motifs is 1. The third-order valence-corrected chi connectivity index (χ3v) is 4.55. The van der Waals surface area contributed by atoms with Gasteiger partial charge in [0.15, 0.2) is 5.65 Å². The molecule has 2 heterocycles. The molecule has 0 aliphatic heterocycles. The van der Waals surface area contributed by atoms with Crippen molar-refractivity contribution in [3.63, 3.8) is 0 Å². The van der Waals surface area contributed by atoms with Crippen LogP contribution in [0.3, 0.4) is 0 Å². The van der Waals surface area contributed by atoms with E-state index in [0.29, 0.717) is 28.9 Å². The summed E-state index contributed by atoms with van der Waals surface area (Å²) in [5.74, 6) is -0.288. The molecule has 7 heteroatoms. The van der Waals surface area contributed by atoms with E-state index in [2.05, 4.69) is 15.4 Å². The Balaban J connectivity index is 1.74. The fourth-order valence-corrected chi connectivity index (χ4v) is 3.13. The lowest BCUT2D eigenvalue weighted by molar-refractivity contribution is 0.628. The molecule has 0 amide bonds. The third-order valence-electron chi connectivity index (χ3n) is 4.55. The van der Waals surface area contributed by atoms with Gasteiger partial charge in [0.25, 0.3) is 5.56 Å². The van der Waals surface area contributed by atoms with Gasteiger partial charge in [-0.25, -0.2) is 4.39 Å². The molecule has 2 aromatic carbocycles. The van der Waals surface area contributed by atoms with Crippen LogP contribution in [0.25, 0.3) is 16.9 Å². The number of halogens is 1. The summed E-state index contributed by atoms with van der Waals surface area (Å²) in [5, 5.41) is 16.5. The quantitative estimate of drug-likeness (QED) is 0.566. The lowest BCUT2D eigenvalue weighted by atomic mass is 10.0. The Bertz CT molecular complexity index is 1250.